The number of hydrogen-bond acceptors (Lipinski definition) is 5. The van der Waals surface area contributed by atoms with Gasteiger partial charge in [-0.25, -0.2) is 9.59 Å². The van der Waals surface area contributed by atoms with Gasteiger partial charge in [0, 0.05) is 18.6 Å². The molecule has 0 aromatic heterocycles. The monoisotopic (exact) mass is 344 g/mol. The molecule has 0 spiro atoms. The van der Waals surface area contributed by atoms with E-state index >= 15 is 0 Å². The van der Waals surface area contributed by atoms with Gasteiger partial charge in [0.2, 0.25) is 0 Å². The van der Waals surface area contributed by atoms with Crippen LogP contribution in [0.15, 0.2) is 54.6 Å². The minimum Gasteiger partial charge on any atom is -0.480 e. The fourth-order valence-corrected chi connectivity index (χ4v) is 2.10. The Morgan fingerprint density at radius 1 is 1.08 bits per heavy atom. The number of hydrogen-bond donors (Lipinski definition) is 2. The first kappa shape index (κ1) is 17.9. The van der Waals surface area contributed by atoms with Crippen LogP contribution in [0.5, 0.6) is 0 Å². The summed E-state index contributed by atoms with van der Waals surface area (Å²) in [6.45, 7) is -0.124. The number of carbonyl (C=O) groups is 2. The third-order valence-corrected chi connectivity index (χ3v) is 3.39. The van der Waals surface area contributed by atoms with Crippen LogP contribution in [-0.2, 0) is 22.6 Å². The molecule has 0 aliphatic heterocycles. The predicted molar refractivity (Wildman–Crippen MR) is 88.0 cm³/mol. The highest BCUT2D eigenvalue weighted by atomic mass is 16.6. The van der Waals surface area contributed by atoms with E-state index in [1.807, 2.05) is 6.07 Å². The van der Waals surface area contributed by atoms with Crippen molar-refractivity contribution in [3.05, 3.63) is 75.8 Å². The van der Waals surface area contributed by atoms with Crippen LogP contribution in [0, 0.1) is 10.1 Å². The van der Waals surface area contributed by atoms with Crippen LogP contribution in [0.4, 0.5) is 10.5 Å². The van der Waals surface area contributed by atoms with Crippen molar-refractivity contribution >= 4 is 17.7 Å². The first-order valence-electron chi connectivity index (χ1n) is 7.39. The highest BCUT2D eigenvalue weighted by Gasteiger charge is 2.21. The van der Waals surface area contributed by atoms with Crippen molar-refractivity contribution in [3.63, 3.8) is 0 Å². The van der Waals surface area contributed by atoms with Crippen molar-refractivity contribution in [3.8, 4) is 0 Å². The molecule has 130 valence electrons. The van der Waals surface area contributed by atoms with Crippen LogP contribution in [0.1, 0.15) is 11.1 Å². The van der Waals surface area contributed by atoms with E-state index in [0.29, 0.717) is 5.56 Å². The predicted octanol–water partition coefficient (Wildman–Crippen LogP) is 2.52. The Morgan fingerprint density at radius 2 is 1.72 bits per heavy atom. The minimum absolute atomic E-state index is 0.0676. The molecule has 2 aromatic rings. The number of aliphatic carboxylic acids is 1. The topological polar surface area (TPSA) is 119 Å². The lowest BCUT2D eigenvalue weighted by Gasteiger charge is -2.14. The van der Waals surface area contributed by atoms with Crippen LogP contribution in [0.2, 0.25) is 0 Å². The molecule has 0 saturated carbocycles. The van der Waals surface area contributed by atoms with E-state index in [2.05, 4.69) is 5.32 Å². The molecular formula is C17H16N2O6. The van der Waals surface area contributed by atoms with Gasteiger partial charge < -0.3 is 15.2 Å². The molecule has 0 bridgehead atoms. The van der Waals surface area contributed by atoms with E-state index in [4.69, 9.17) is 4.74 Å². The molecule has 8 nitrogen and oxygen atoms in total. The number of alkyl carbamates (subject to hydrolysis) is 1. The average Bonchev–Trinajstić information content (AvgIpc) is 2.60. The maximum Gasteiger partial charge on any atom is 0.408 e. The van der Waals surface area contributed by atoms with Crippen LogP contribution >= 0.6 is 0 Å². The molecule has 8 heteroatoms. The molecule has 0 aliphatic carbocycles. The lowest BCUT2D eigenvalue weighted by molar-refractivity contribution is -0.384. The van der Waals surface area contributed by atoms with Crippen molar-refractivity contribution in [2.75, 3.05) is 0 Å². The first-order valence-corrected chi connectivity index (χ1v) is 7.39. The van der Waals surface area contributed by atoms with Crippen LogP contribution in [0.3, 0.4) is 0 Å². The Hall–Kier alpha value is -3.42. The average molecular weight is 344 g/mol. The fraction of sp³-hybridized carbons (Fsp3) is 0.176. The molecule has 1 atom stereocenters. The Kier molecular flexibility index (Phi) is 6.05. The number of nitrogens with zero attached hydrogens (tertiary/aromatic N) is 1. The summed E-state index contributed by atoms with van der Waals surface area (Å²) in [6.07, 6.45) is -0.746. The van der Waals surface area contributed by atoms with E-state index in [1.54, 1.807) is 24.3 Å². The summed E-state index contributed by atoms with van der Waals surface area (Å²) in [7, 11) is 0. The van der Waals surface area contributed by atoms with Gasteiger partial charge in [-0.1, -0.05) is 30.3 Å². The normalized spacial score (nSPS) is 11.4. The quantitative estimate of drug-likeness (QED) is 0.588. The number of nitrogens with one attached hydrogen (secondary N) is 1. The van der Waals surface area contributed by atoms with Gasteiger partial charge in [-0.05, 0) is 23.3 Å². The van der Waals surface area contributed by atoms with E-state index in [0.717, 1.165) is 5.56 Å². The second kappa shape index (κ2) is 8.44. The van der Waals surface area contributed by atoms with Gasteiger partial charge in [0.1, 0.15) is 12.6 Å². The highest BCUT2D eigenvalue weighted by Crippen LogP contribution is 2.12. The molecule has 0 saturated heterocycles. The number of carboxylic acids is 1. The summed E-state index contributed by atoms with van der Waals surface area (Å²) in [6, 6.07) is 13.3. The van der Waals surface area contributed by atoms with Gasteiger partial charge in [0.05, 0.1) is 4.92 Å². The SMILES string of the molecule is O=C(NC(Cc1ccccc1)C(=O)O)OCc1ccc([N+](=O)[O-])cc1. The van der Waals surface area contributed by atoms with Crippen LogP contribution in [0.25, 0.3) is 0 Å². The van der Waals surface area contributed by atoms with E-state index in [9.17, 15) is 24.8 Å². The van der Waals surface area contributed by atoms with Crippen molar-refractivity contribution in [1.82, 2.24) is 5.32 Å². The largest absolute Gasteiger partial charge is 0.480 e. The molecule has 0 fully saturated rings. The van der Waals surface area contributed by atoms with Crippen molar-refractivity contribution in [1.29, 1.82) is 0 Å². The lowest BCUT2D eigenvalue weighted by Crippen LogP contribution is -2.42. The Morgan fingerprint density at radius 3 is 2.28 bits per heavy atom. The number of ether oxygens (including phenoxy) is 1. The third-order valence-electron chi connectivity index (χ3n) is 3.39. The number of benzene rings is 2. The number of carboxylic acid groups (broad SMARTS) is 1. The zero-order chi connectivity index (χ0) is 18.2. The third kappa shape index (κ3) is 5.61. The van der Waals surface area contributed by atoms with Gasteiger partial charge >= 0.3 is 12.1 Å². The van der Waals surface area contributed by atoms with Gasteiger partial charge in [-0.3, -0.25) is 10.1 Å². The molecular weight excluding hydrogens is 328 g/mol. The lowest BCUT2D eigenvalue weighted by atomic mass is 10.1. The number of amides is 1. The zero-order valence-electron chi connectivity index (χ0n) is 13.1. The molecule has 25 heavy (non-hydrogen) atoms. The Bertz CT molecular complexity index is 745. The maximum absolute atomic E-state index is 11.8. The van der Waals surface area contributed by atoms with Crippen molar-refractivity contribution < 1.29 is 24.4 Å². The van der Waals surface area contributed by atoms with Gasteiger partial charge in [-0.15, -0.1) is 0 Å². The fourth-order valence-electron chi connectivity index (χ4n) is 2.10. The second-order valence-electron chi connectivity index (χ2n) is 5.22. The molecule has 0 heterocycles. The highest BCUT2D eigenvalue weighted by molar-refractivity contribution is 5.80. The molecule has 2 N–H and O–H groups in total. The summed E-state index contributed by atoms with van der Waals surface area (Å²) in [5.41, 5.74) is 1.25. The van der Waals surface area contributed by atoms with Crippen LogP contribution in [-0.4, -0.2) is 28.1 Å². The number of nitro benzene ring substituents is 1. The van der Waals surface area contributed by atoms with Crippen molar-refractivity contribution in [2.45, 2.75) is 19.1 Å². The standard InChI is InChI=1S/C17H16N2O6/c20-16(21)15(10-12-4-2-1-3-5-12)18-17(22)25-11-13-6-8-14(9-7-13)19(23)24/h1-9,15H,10-11H2,(H,18,22)(H,20,21). The zero-order valence-corrected chi connectivity index (χ0v) is 13.1. The number of non-ortho nitro benzene ring substituents is 1. The van der Waals surface area contributed by atoms with Crippen molar-refractivity contribution in [2.24, 2.45) is 0 Å². The Labute approximate surface area is 143 Å². The summed E-state index contributed by atoms with van der Waals surface area (Å²) in [5, 5.41) is 22.1. The molecule has 0 radical (unpaired) electrons. The van der Waals surface area contributed by atoms with E-state index in [1.165, 1.54) is 24.3 Å². The molecule has 1 unspecified atom stereocenters. The van der Waals surface area contributed by atoms with Crippen LogP contribution < -0.4 is 5.32 Å². The smallest absolute Gasteiger partial charge is 0.408 e. The summed E-state index contributed by atoms with van der Waals surface area (Å²) in [4.78, 5) is 33.1. The molecule has 1 amide bonds. The van der Waals surface area contributed by atoms with Gasteiger partial charge in [0.15, 0.2) is 0 Å². The summed E-state index contributed by atoms with van der Waals surface area (Å²) >= 11 is 0. The van der Waals surface area contributed by atoms with Gasteiger partial charge in [0.25, 0.3) is 5.69 Å². The first-order chi connectivity index (χ1) is 12.0. The molecule has 2 aromatic carbocycles. The Balaban J connectivity index is 1.88. The molecule has 2 rings (SSSR count). The number of nitro groups is 1. The number of rotatable bonds is 7. The van der Waals surface area contributed by atoms with Gasteiger partial charge in [-0.2, -0.15) is 0 Å². The molecule has 0 aliphatic rings. The summed E-state index contributed by atoms with van der Waals surface area (Å²) in [5.74, 6) is -1.17. The van der Waals surface area contributed by atoms with E-state index in [-0.39, 0.29) is 18.7 Å². The minimum atomic E-state index is -1.17. The summed E-state index contributed by atoms with van der Waals surface area (Å²) < 4.78 is 4.96. The number of carbonyl (C=O) groups excluding carboxylic acids is 1. The second-order valence-corrected chi connectivity index (χ2v) is 5.22. The van der Waals surface area contributed by atoms with E-state index < -0.39 is 23.0 Å². The maximum atomic E-state index is 11.8.